The third kappa shape index (κ3) is 4.75. The van der Waals surface area contributed by atoms with Crippen LogP contribution in [0.3, 0.4) is 0 Å². The first-order chi connectivity index (χ1) is 15.7. The first kappa shape index (κ1) is 21.1. The Labute approximate surface area is 186 Å². The maximum absolute atomic E-state index is 13.3. The van der Waals surface area contributed by atoms with Gasteiger partial charge >= 0.3 is 0 Å². The second-order valence-electron chi connectivity index (χ2n) is 7.32. The van der Waals surface area contributed by atoms with E-state index < -0.39 is 0 Å². The van der Waals surface area contributed by atoms with Crippen LogP contribution in [0.1, 0.15) is 16.7 Å². The fourth-order valence-electron chi connectivity index (χ4n) is 3.54. The molecule has 6 nitrogen and oxygen atoms in total. The van der Waals surface area contributed by atoms with Gasteiger partial charge < -0.3 is 9.94 Å². The molecule has 0 saturated carbocycles. The van der Waals surface area contributed by atoms with Crippen molar-refractivity contribution in [3.8, 4) is 17.0 Å². The molecule has 1 heterocycles. The zero-order chi connectivity index (χ0) is 22.3. The predicted molar refractivity (Wildman–Crippen MR) is 124 cm³/mol. The van der Waals surface area contributed by atoms with E-state index in [-0.39, 0.29) is 12.1 Å². The molecule has 0 aliphatic carbocycles. The van der Waals surface area contributed by atoms with Crippen molar-refractivity contribution in [3.63, 3.8) is 0 Å². The molecule has 0 spiro atoms. The summed E-state index contributed by atoms with van der Waals surface area (Å²) in [6.07, 6.45) is 0.426. The fourth-order valence-corrected chi connectivity index (χ4v) is 3.54. The van der Waals surface area contributed by atoms with Crippen molar-refractivity contribution in [1.29, 1.82) is 0 Å². The van der Waals surface area contributed by atoms with Gasteiger partial charge in [0.1, 0.15) is 11.5 Å². The molecule has 0 atom stereocenters. The van der Waals surface area contributed by atoms with Crippen LogP contribution in [-0.4, -0.2) is 27.8 Å². The van der Waals surface area contributed by atoms with E-state index in [1.165, 1.54) is 4.68 Å². The van der Waals surface area contributed by atoms with E-state index in [4.69, 9.17) is 4.74 Å². The SMILES string of the molecule is COc1cccc(Cc2cc(-c3ccccc3)nn(C/C(=N\O)c3ccccc3)c2=O)c1. The molecule has 0 radical (unpaired) electrons. The molecule has 0 unspecified atom stereocenters. The smallest absolute Gasteiger partial charge is 0.270 e. The highest BCUT2D eigenvalue weighted by atomic mass is 16.5. The standard InChI is InChI=1S/C26H23N3O3/c1-32-23-14-8-9-19(16-23)15-22-17-24(20-10-4-2-5-11-20)27-29(26(22)30)18-25(28-31)21-12-6-3-7-13-21/h2-14,16-17,31H,15,18H2,1H3/b28-25+. The first-order valence-corrected chi connectivity index (χ1v) is 10.2. The molecule has 1 aromatic heterocycles. The van der Waals surface area contributed by atoms with Crippen LogP contribution in [0.15, 0.2) is 101 Å². The highest BCUT2D eigenvalue weighted by molar-refractivity contribution is 5.99. The molecule has 6 heteroatoms. The van der Waals surface area contributed by atoms with Crippen molar-refractivity contribution >= 4 is 5.71 Å². The quantitative estimate of drug-likeness (QED) is 0.271. The lowest BCUT2D eigenvalue weighted by Crippen LogP contribution is -2.30. The number of benzene rings is 3. The maximum atomic E-state index is 13.3. The van der Waals surface area contributed by atoms with Gasteiger partial charge in [0.2, 0.25) is 0 Å². The molecule has 0 fully saturated rings. The largest absolute Gasteiger partial charge is 0.497 e. The zero-order valence-corrected chi connectivity index (χ0v) is 17.7. The Bertz CT molecular complexity index is 1280. The predicted octanol–water partition coefficient (Wildman–Crippen LogP) is 4.39. The minimum absolute atomic E-state index is 0.0468. The highest BCUT2D eigenvalue weighted by Crippen LogP contribution is 2.19. The van der Waals surface area contributed by atoms with Gasteiger partial charge in [-0.25, -0.2) is 4.68 Å². The number of nitrogens with zero attached hydrogens (tertiary/aromatic N) is 3. The van der Waals surface area contributed by atoms with Crippen molar-refractivity contribution in [2.75, 3.05) is 7.11 Å². The van der Waals surface area contributed by atoms with Crippen LogP contribution in [0.5, 0.6) is 5.75 Å². The first-order valence-electron chi connectivity index (χ1n) is 10.2. The molecular formula is C26H23N3O3. The third-order valence-electron chi connectivity index (χ3n) is 5.17. The summed E-state index contributed by atoms with van der Waals surface area (Å²) >= 11 is 0. The second kappa shape index (κ2) is 9.75. The lowest BCUT2D eigenvalue weighted by atomic mass is 10.0. The molecule has 4 rings (SSSR count). The normalized spacial score (nSPS) is 11.3. The Balaban J connectivity index is 1.78. The minimum atomic E-state index is -0.232. The van der Waals surface area contributed by atoms with E-state index in [0.29, 0.717) is 23.4 Å². The number of aromatic nitrogens is 2. The minimum Gasteiger partial charge on any atom is -0.497 e. The summed E-state index contributed by atoms with van der Waals surface area (Å²) < 4.78 is 6.68. The van der Waals surface area contributed by atoms with Crippen molar-refractivity contribution in [3.05, 3.63) is 118 Å². The van der Waals surface area contributed by atoms with Crippen LogP contribution < -0.4 is 10.3 Å². The number of rotatable bonds is 7. The van der Waals surface area contributed by atoms with Gasteiger partial charge in [0, 0.05) is 23.1 Å². The fraction of sp³-hybridized carbons (Fsp3) is 0.115. The van der Waals surface area contributed by atoms with Gasteiger partial charge in [0.25, 0.3) is 5.56 Å². The maximum Gasteiger partial charge on any atom is 0.270 e. The number of hydrogen-bond acceptors (Lipinski definition) is 5. The Morgan fingerprint density at radius 3 is 2.38 bits per heavy atom. The molecule has 0 aliphatic rings. The number of methoxy groups -OCH3 is 1. The van der Waals surface area contributed by atoms with E-state index in [1.807, 2.05) is 91.0 Å². The summed E-state index contributed by atoms with van der Waals surface area (Å²) in [6, 6.07) is 28.4. The van der Waals surface area contributed by atoms with Crippen LogP contribution in [-0.2, 0) is 13.0 Å². The molecule has 1 N–H and O–H groups in total. The molecule has 0 aliphatic heterocycles. The van der Waals surface area contributed by atoms with Gasteiger partial charge in [-0.3, -0.25) is 4.79 Å². The van der Waals surface area contributed by atoms with Gasteiger partial charge in [0.05, 0.1) is 19.3 Å². The third-order valence-corrected chi connectivity index (χ3v) is 5.17. The summed E-state index contributed by atoms with van der Waals surface area (Å²) in [5.74, 6) is 0.735. The number of hydrogen-bond donors (Lipinski definition) is 1. The van der Waals surface area contributed by atoms with E-state index in [0.717, 1.165) is 22.4 Å². The lowest BCUT2D eigenvalue weighted by molar-refractivity contribution is 0.317. The zero-order valence-electron chi connectivity index (χ0n) is 17.7. The average molecular weight is 425 g/mol. The van der Waals surface area contributed by atoms with Crippen molar-refractivity contribution < 1.29 is 9.94 Å². The second-order valence-corrected chi connectivity index (χ2v) is 7.32. The molecule has 0 amide bonds. The Kier molecular flexibility index (Phi) is 6.41. The van der Waals surface area contributed by atoms with E-state index in [9.17, 15) is 10.0 Å². The summed E-state index contributed by atoms with van der Waals surface area (Å²) in [4.78, 5) is 13.3. The summed E-state index contributed by atoms with van der Waals surface area (Å²) in [7, 11) is 1.62. The van der Waals surface area contributed by atoms with Crippen LogP contribution in [0.4, 0.5) is 0 Å². The van der Waals surface area contributed by atoms with Gasteiger partial charge in [-0.05, 0) is 23.8 Å². The Morgan fingerprint density at radius 2 is 1.69 bits per heavy atom. The summed E-state index contributed by atoms with van der Waals surface area (Å²) in [6.45, 7) is 0.0468. The average Bonchev–Trinajstić information content (AvgIpc) is 2.85. The van der Waals surface area contributed by atoms with Crippen LogP contribution in [0.2, 0.25) is 0 Å². The van der Waals surface area contributed by atoms with Crippen LogP contribution in [0, 0.1) is 0 Å². The van der Waals surface area contributed by atoms with Crippen molar-refractivity contribution in [2.45, 2.75) is 13.0 Å². The van der Waals surface area contributed by atoms with Crippen LogP contribution >= 0.6 is 0 Å². The summed E-state index contributed by atoms with van der Waals surface area (Å²) in [5.41, 5.74) is 3.98. The Hall–Kier alpha value is -4.19. The molecule has 0 saturated heterocycles. The van der Waals surface area contributed by atoms with Gasteiger partial charge in [0.15, 0.2) is 0 Å². The van der Waals surface area contributed by atoms with Crippen LogP contribution in [0.25, 0.3) is 11.3 Å². The van der Waals surface area contributed by atoms with Gasteiger partial charge in [-0.2, -0.15) is 5.10 Å². The molecule has 3 aromatic carbocycles. The van der Waals surface area contributed by atoms with Crippen molar-refractivity contribution in [1.82, 2.24) is 9.78 Å². The molecule has 160 valence electrons. The van der Waals surface area contributed by atoms with Crippen molar-refractivity contribution in [2.24, 2.45) is 5.16 Å². The number of oxime groups is 1. The molecular weight excluding hydrogens is 402 g/mol. The molecule has 4 aromatic rings. The number of ether oxygens (including phenoxy) is 1. The van der Waals surface area contributed by atoms with Gasteiger partial charge in [-0.1, -0.05) is 78.0 Å². The topological polar surface area (TPSA) is 76.7 Å². The monoisotopic (exact) mass is 425 g/mol. The lowest BCUT2D eigenvalue weighted by Gasteiger charge is -2.12. The van der Waals surface area contributed by atoms with Gasteiger partial charge in [-0.15, -0.1) is 0 Å². The molecule has 32 heavy (non-hydrogen) atoms. The van der Waals surface area contributed by atoms with E-state index >= 15 is 0 Å². The summed E-state index contributed by atoms with van der Waals surface area (Å²) in [5, 5.41) is 17.6. The Morgan fingerprint density at radius 1 is 0.969 bits per heavy atom. The van der Waals surface area contributed by atoms with E-state index in [2.05, 4.69) is 10.3 Å². The highest BCUT2D eigenvalue weighted by Gasteiger charge is 2.14. The van der Waals surface area contributed by atoms with E-state index in [1.54, 1.807) is 7.11 Å². The molecule has 0 bridgehead atoms.